The van der Waals surface area contributed by atoms with Crippen molar-refractivity contribution in [1.29, 1.82) is 0 Å². The highest BCUT2D eigenvalue weighted by atomic mass is 79.9. The van der Waals surface area contributed by atoms with Crippen molar-refractivity contribution in [3.8, 4) is 11.5 Å². The molecule has 19 heavy (non-hydrogen) atoms. The standard InChI is InChI=1S/C11H11BrF3NO3/c1-18-7-4-3-6(12)9(19-2)8(7)10(17)16-5-11(13,14)15/h3-4H,5H2,1-2H3,(H,16,17). The fourth-order valence-corrected chi connectivity index (χ4v) is 1.89. The third kappa shape index (κ3) is 4.02. The summed E-state index contributed by atoms with van der Waals surface area (Å²) in [5.41, 5.74) is -0.0939. The lowest BCUT2D eigenvalue weighted by Crippen LogP contribution is -2.34. The van der Waals surface area contributed by atoms with E-state index in [4.69, 9.17) is 9.47 Å². The van der Waals surface area contributed by atoms with E-state index in [-0.39, 0.29) is 17.1 Å². The molecule has 1 aromatic carbocycles. The summed E-state index contributed by atoms with van der Waals surface area (Å²) in [4.78, 5) is 11.8. The first-order valence-electron chi connectivity index (χ1n) is 5.05. The van der Waals surface area contributed by atoms with Gasteiger partial charge in [0.1, 0.15) is 23.6 Å². The lowest BCUT2D eigenvalue weighted by molar-refractivity contribution is -0.123. The zero-order chi connectivity index (χ0) is 14.6. The Morgan fingerprint density at radius 1 is 1.32 bits per heavy atom. The van der Waals surface area contributed by atoms with Crippen LogP contribution in [0.5, 0.6) is 11.5 Å². The molecule has 0 atom stereocenters. The molecule has 0 bridgehead atoms. The van der Waals surface area contributed by atoms with E-state index < -0.39 is 18.6 Å². The number of carbonyl (C=O) groups is 1. The van der Waals surface area contributed by atoms with Gasteiger partial charge in [0.2, 0.25) is 0 Å². The fourth-order valence-electron chi connectivity index (χ4n) is 1.39. The molecule has 1 rings (SSSR count). The van der Waals surface area contributed by atoms with Crippen LogP contribution < -0.4 is 14.8 Å². The van der Waals surface area contributed by atoms with Crippen molar-refractivity contribution in [2.24, 2.45) is 0 Å². The van der Waals surface area contributed by atoms with E-state index in [1.807, 2.05) is 0 Å². The molecule has 0 saturated carbocycles. The van der Waals surface area contributed by atoms with Gasteiger partial charge >= 0.3 is 6.18 Å². The quantitative estimate of drug-likeness (QED) is 0.915. The molecule has 0 aliphatic rings. The van der Waals surface area contributed by atoms with Gasteiger partial charge in [-0.25, -0.2) is 0 Å². The summed E-state index contributed by atoms with van der Waals surface area (Å²) in [5, 5.41) is 1.77. The summed E-state index contributed by atoms with van der Waals surface area (Å²) in [6.45, 7) is -1.43. The number of methoxy groups -OCH3 is 2. The molecule has 4 nitrogen and oxygen atoms in total. The molecule has 0 fully saturated rings. The third-order valence-corrected chi connectivity index (χ3v) is 2.80. The zero-order valence-corrected chi connectivity index (χ0v) is 11.7. The van der Waals surface area contributed by atoms with Gasteiger partial charge in [0.25, 0.3) is 5.91 Å². The van der Waals surface area contributed by atoms with E-state index in [0.29, 0.717) is 4.47 Å². The molecule has 1 amide bonds. The molecule has 0 unspecified atom stereocenters. The monoisotopic (exact) mass is 341 g/mol. The predicted molar refractivity (Wildman–Crippen MR) is 65.6 cm³/mol. The lowest BCUT2D eigenvalue weighted by Gasteiger charge is -2.15. The van der Waals surface area contributed by atoms with Crippen LogP contribution in [0.4, 0.5) is 13.2 Å². The van der Waals surface area contributed by atoms with Crippen LogP contribution in [0.15, 0.2) is 16.6 Å². The van der Waals surface area contributed by atoms with Crippen LogP contribution in [-0.4, -0.2) is 32.8 Å². The second-order valence-corrected chi connectivity index (χ2v) is 4.31. The number of halogens is 4. The Morgan fingerprint density at radius 2 is 1.95 bits per heavy atom. The number of rotatable bonds is 4. The molecule has 0 saturated heterocycles. The van der Waals surface area contributed by atoms with E-state index in [9.17, 15) is 18.0 Å². The van der Waals surface area contributed by atoms with Crippen molar-refractivity contribution in [2.45, 2.75) is 6.18 Å². The second kappa shape index (κ2) is 6.14. The lowest BCUT2D eigenvalue weighted by atomic mass is 10.1. The summed E-state index contributed by atoms with van der Waals surface area (Å²) in [5.74, 6) is -0.689. The Labute approximate surface area is 116 Å². The van der Waals surface area contributed by atoms with Crippen molar-refractivity contribution >= 4 is 21.8 Å². The average molecular weight is 342 g/mol. The maximum atomic E-state index is 12.1. The molecule has 106 valence electrons. The van der Waals surface area contributed by atoms with Crippen LogP contribution in [0.1, 0.15) is 10.4 Å². The molecular formula is C11H11BrF3NO3. The largest absolute Gasteiger partial charge is 0.496 e. The first-order chi connectivity index (χ1) is 8.80. The highest BCUT2D eigenvalue weighted by molar-refractivity contribution is 9.10. The van der Waals surface area contributed by atoms with Gasteiger partial charge in [0, 0.05) is 0 Å². The fraction of sp³-hybridized carbons (Fsp3) is 0.364. The van der Waals surface area contributed by atoms with Crippen LogP contribution in [-0.2, 0) is 0 Å². The van der Waals surface area contributed by atoms with Gasteiger partial charge in [-0.1, -0.05) is 0 Å². The minimum absolute atomic E-state index is 0.0939. The normalized spacial score (nSPS) is 11.1. The summed E-state index contributed by atoms with van der Waals surface area (Å²) < 4.78 is 46.7. The van der Waals surface area contributed by atoms with E-state index in [0.717, 1.165) is 0 Å². The van der Waals surface area contributed by atoms with E-state index in [2.05, 4.69) is 15.9 Å². The number of hydrogen-bond acceptors (Lipinski definition) is 3. The van der Waals surface area contributed by atoms with Gasteiger partial charge in [-0.05, 0) is 28.1 Å². The highest BCUT2D eigenvalue weighted by Crippen LogP contribution is 2.35. The van der Waals surface area contributed by atoms with Crippen LogP contribution in [0.3, 0.4) is 0 Å². The Hall–Kier alpha value is -1.44. The van der Waals surface area contributed by atoms with Crippen LogP contribution >= 0.6 is 15.9 Å². The molecule has 0 aliphatic carbocycles. The highest BCUT2D eigenvalue weighted by Gasteiger charge is 2.29. The number of nitrogens with one attached hydrogen (secondary N) is 1. The summed E-state index contributed by atoms with van der Waals surface area (Å²) >= 11 is 3.15. The zero-order valence-electron chi connectivity index (χ0n) is 10.1. The molecule has 0 heterocycles. The number of alkyl halides is 3. The first kappa shape index (κ1) is 15.6. The molecule has 0 aliphatic heterocycles. The molecule has 1 aromatic rings. The number of hydrogen-bond donors (Lipinski definition) is 1. The van der Waals surface area contributed by atoms with Gasteiger partial charge in [0.15, 0.2) is 0 Å². The molecule has 1 N–H and O–H groups in total. The number of benzene rings is 1. The second-order valence-electron chi connectivity index (χ2n) is 3.46. The third-order valence-electron chi connectivity index (χ3n) is 2.17. The van der Waals surface area contributed by atoms with Crippen molar-refractivity contribution in [3.63, 3.8) is 0 Å². The number of carbonyl (C=O) groups excluding carboxylic acids is 1. The van der Waals surface area contributed by atoms with Gasteiger partial charge in [-0.15, -0.1) is 0 Å². The Balaban J connectivity index is 3.10. The minimum atomic E-state index is -4.48. The first-order valence-corrected chi connectivity index (χ1v) is 5.85. The van der Waals surface area contributed by atoms with Gasteiger partial charge in [-0.3, -0.25) is 4.79 Å². The van der Waals surface area contributed by atoms with Gasteiger partial charge in [0.05, 0.1) is 18.7 Å². The van der Waals surface area contributed by atoms with Crippen molar-refractivity contribution in [2.75, 3.05) is 20.8 Å². The maximum absolute atomic E-state index is 12.1. The van der Waals surface area contributed by atoms with Crippen LogP contribution in [0, 0.1) is 0 Å². The molecule has 0 radical (unpaired) electrons. The van der Waals surface area contributed by atoms with Gasteiger partial charge in [-0.2, -0.15) is 13.2 Å². The topological polar surface area (TPSA) is 47.6 Å². The Kier molecular flexibility index (Phi) is 5.04. The van der Waals surface area contributed by atoms with Crippen molar-refractivity contribution in [3.05, 3.63) is 22.2 Å². The molecule has 8 heteroatoms. The van der Waals surface area contributed by atoms with Crippen LogP contribution in [0.25, 0.3) is 0 Å². The van der Waals surface area contributed by atoms with Crippen molar-refractivity contribution in [1.82, 2.24) is 5.32 Å². The van der Waals surface area contributed by atoms with E-state index in [1.165, 1.54) is 20.3 Å². The van der Waals surface area contributed by atoms with Crippen molar-refractivity contribution < 1.29 is 27.4 Å². The average Bonchev–Trinajstić information content (AvgIpc) is 2.34. The number of amides is 1. The summed E-state index contributed by atoms with van der Waals surface area (Å²) in [6.07, 6.45) is -4.48. The maximum Gasteiger partial charge on any atom is 0.405 e. The van der Waals surface area contributed by atoms with E-state index in [1.54, 1.807) is 11.4 Å². The number of ether oxygens (including phenoxy) is 2. The summed E-state index contributed by atoms with van der Waals surface area (Å²) in [7, 11) is 2.61. The molecule has 0 spiro atoms. The van der Waals surface area contributed by atoms with E-state index >= 15 is 0 Å². The minimum Gasteiger partial charge on any atom is -0.496 e. The molecular weight excluding hydrogens is 331 g/mol. The van der Waals surface area contributed by atoms with Gasteiger partial charge < -0.3 is 14.8 Å². The van der Waals surface area contributed by atoms with Crippen LogP contribution in [0.2, 0.25) is 0 Å². The Bertz CT molecular complexity index is 477. The summed E-state index contributed by atoms with van der Waals surface area (Å²) in [6, 6.07) is 3.02. The Morgan fingerprint density at radius 3 is 2.42 bits per heavy atom. The molecule has 0 aromatic heterocycles. The predicted octanol–water partition coefficient (Wildman–Crippen LogP) is 2.76. The smallest absolute Gasteiger partial charge is 0.405 e. The SMILES string of the molecule is COc1ccc(Br)c(OC)c1C(=O)NCC(F)(F)F.